The van der Waals surface area contributed by atoms with Gasteiger partial charge in [-0.05, 0) is 42.8 Å². The van der Waals surface area contributed by atoms with E-state index >= 15 is 0 Å². The monoisotopic (exact) mass is 449 g/mol. The highest BCUT2D eigenvalue weighted by Gasteiger charge is 2.35. The zero-order chi connectivity index (χ0) is 22.2. The van der Waals surface area contributed by atoms with Gasteiger partial charge in [0.25, 0.3) is 0 Å². The van der Waals surface area contributed by atoms with Crippen LogP contribution in [0.5, 0.6) is 5.75 Å². The molecule has 0 spiro atoms. The highest BCUT2D eigenvalue weighted by molar-refractivity contribution is 7.80. The van der Waals surface area contributed by atoms with Crippen molar-refractivity contribution in [3.05, 3.63) is 53.6 Å². The molecule has 0 aliphatic carbocycles. The van der Waals surface area contributed by atoms with Gasteiger partial charge in [0.2, 0.25) is 5.91 Å². The van der Waals surface area contributed by atoms with Crippen LogP contribution in [0.4, 0.5) is 13.2 Å². The SMILES string of the molecule is C[C@@H]1C[C@@H](C(=O)NC[C@H]2Cc3cccc(-c4ccccc4C(F)(F)F)c3O2)NC(=S)N1. The molecule has 3 atom stereocenters. The van der Waals surface area contributed by atoms with Crippen LogP contribution in [0.15, 0.2) is 42.5 Å². The summed E-state index contributed by atoms with van der Waals surface area (Å²) in [6, 6.07) is 10.3. The molecule has 0 aromatic heterocycles. The van der Waals surface area contributed by atoms with Crippen LogP contribution in [0.25, 0.3) is 11.1 Å². The molecule has 2 aliphatic heterocycles. The second kappa shape index (κ2) is 8.37. The summed E-state index contributed by atoms with van der Waals surface area (Å²) in [7, 11) is 0. The number of benzene rings is 2. The Balaban J connectivity index is 1.47. The smallest absolute Gasteiger partial charge is 0.417 e. The number of hydrogen-bond acceptors (Lipinski definition) is 3. The molecule has 0 unspecified atom stereocenters. The molecule has 31 heavy (non-hydrogen) atoms. The van der Waals surface area contributed by atoms with Gasteiger partial charge in [0.05, 0.1) is 12.1 Å². The number of rotatable bonds is 4. The highest BCUT2D eigenvalue weighted by Crippen LogP contribution is 2.43. The molecule has 9 heteroatoms. The number of carbonyl (C=O) groups excluding carboxylic acids is 1. The van der Waals surface area contributed by atoms with Crippen molar-refractivity contribution >= 4 is 23.2 Å². The number of halogens is 3. The Morgan fingerprint density at radius 3 is 2.65 bits per heavy atom. The number of fused-ring (bicyclic) bond motifs is 1. The van der Waals surface area contributed by atoms with E-state index in [1.807, 2.05) is 13.0 Å². The number of thiocarbonyl (C=S) groups is 1. The second-order valence-corrected chi connectivity index (χ2v) is 8.24. The molecule has 1 amide bonds. The molecular weight excluding hydrogens is 427 g/mol. The van der Waals surface area contributed by atoms with Crippen molar-refractivity contribution in [3.63, 3.8) is 0 Å². The van der Waals surface area contributed by atoms with Gasteiger partial charge in [-0.25, -0.2) is 0 Å². The third-order valence-electron chi connectivity index (χ3n) is 5.44. The Morgan fingerprint density at radius 1 is 1.16 bits per heavy atom. The third-order valence-corrected chi connectivity index (χ3v) is 5.68. The quantitative estimate of drug-likeness (QED) is 0.625. The fourth-order valence-corrected chi connectivity index (χ4v) is 4.38. The normalized spacial score (nSPS) is 22.7. The first-order valence-electron chi connectivity index (χ1n) is 10.0. The molecule has 2 aromatic rings. The van der Waals surface area contributed by atoms with Gasteiger partial charge in [-0.15, -0.1) is 0 Å². The zero-order valence-electron chi connectivity index (χ0n) is 16.8. The average molecular weight is 449 g/mol. The molecule has 5 nitrogen and oxygen atoms in total. The minimum atomic E-state index is -4.47. The summed E-state index contributed by atoms with van der Waals surface area (Å²) >= 11 is 5.11. The van der Waals surface area contributed by atoms with Gasteiger partial charge in [-0.3, -0.25) is 4.79 Å². The summed E-state index contributed by atoms with van der Waals surface area (Å²) in [6.07, 6.45) is -3.73. The Hall–Kier alpha value is -2.81. The van der Waals surface area contributed by atoms with Gasteiger partial charge in [-0.1, -0.05) is 36.4 Å². The third kappa shape index (κ3) is 4.61. The molecule has 2 aromatic carbocycles. The number of ether oxygens (including phenoxy) is 1. The lowest BCUT2D eigenvalue weighted by Crippen LogP contribution is -2.58. The molecule has 1 saturated heterocycles. The van der Waals surface area contributed by atoms with Crippen molar-refractivity contribution in [1.82, 2.24) is 16.0 Å². The Labute approximate surface area is 183 Å². The van der Waals surface area contributed by atoms with Gasteiger partial charge in [0.15, 0.2) is 5.11 Å². The second-order valence-electron chi connectivity index (χ2n) is 7.83. The Kier molecular flexibility index (Phi) is 5.79. The molecule has 1 fully saturated rings. The van der Waals surface area contributed by atoms with E-state index in [-0.39, 0.29) is 30.2 Å². The van der Waals surface area contributed by atoms with Gasteiger partial charge < -0.3 is 20.7 Å². The van der Waals surface area contributed by atoms with Crippen molar-refractivity contribution < 1.29 is 22.7 Å². The molecule has 164 valence electrons. The first-order chi connectivity index (χ1) is 14.7. The summed E-state index contributed by atoms with van der Waals surface area (Å²) in [6.45, 7) is 2.20. The molecule has 2 aliphatic rings. The van der Waals surface area contributed by atoms with E-state index in [2.05, 4.69) is 16.0 Å². The topological polar surface area (TPSA) is 62.4 Å². The van der Waals surface area contributed by atoms with Crippen LogP contribution in [0.2, 0.25) is 0 Å². The molecule has 4 rings (SSSR count). The summed E-state index contributed by atoms with van der Waals surface area (Å²) < 4.78 is 46.5. The van der Waals surface area contributed by atoms with Crippen LogP contribution in [-0.2, 0) is 17.4 Å². The highest BCUT2D eigenvalue weighted by atomic mass is 32.1. The first-order valence-corrected chi connectivity index (χ1v) is 10.4. The van der Waals surface area contributed by atoms with Crippen LogP contribution >= 0.6 is 12.2 Å². The lowest BCUT2D eigenvalue weighted by molar-refractivity contribution is -0.137. The molecule has 0 saturated carbocycles. The Bertz CT molecular complexity index is 1010. The van der Waals surface area contributed by atoms with Crippen LogP contribution in [0, 0.1) is 0 Å². The molecule has 3 N–H and O–H groups in total. The standard InChI is InChI=1S/C22H22F3N3O2S/c1-12-9-18(28-21(31)27-12)20(29)26-11-14-10-13-5-4-7-16(19(13)30-14)15-6-2-3-8-17(15)22(23,24)25/h2-8,12,14,18H,9-11H2,1H3,(H,26,29)(H2,27,28,31)/t12-,14-,18+/m1/s1. The maximum absolute atomic E-state index is 13.5. The Morgan fingerprint density at radius 2 is 1.90 bits per heavy atom. The van der Waals surface area contributed by atoms with Gasteiger partial charge in [0.1, 0.15) is 17.9 Å². The minimum absolute atomic E-state index is 0.0814. The number of para-hydroxylation sites is 1. The molecule has 0 radical (unpaired) electrons. The predicted molar refractivity (Wildman–Crippen MR) is 115 cm³/mol. The number of alkyl halides is 3. The fraction of sp³-hybridized carbons (Fsp3) is 0.364. The maximum atomic E-state index is 13.5. The molecular formula is C22H22F3N3O2S. The molecule has 2 heterocycles. The molecule has 0 bridgehead atoms. The summed E-state index contributed by atoms with van der Waals surface area (Å²) in [5.41, 5.74) is 0.603. The zero-order valence-corrected chi connectivity index (χ0v) is 17.6. The lowest BCUT2D eigenvalue weighted by Gasteiger charge is -2.30. The van der Waals surface area contributed by atoms with Gasteiger partial charge in [-0.2, -0.15) is 13.2 Å². The number of amides is 1. The predicted octanol–water partition coefficient (Wildman–Crippen LogP) is 3.42. The van der Waals surface area contributed by atoms with Crippen molar-refractivity contribution in [3.8, 4) is 16.9 Å². The summed E-state index contributed by atoms with van der Waals surface area (Å²) in [5, 5.41) is 9.31. The first kappa shape index (κ1) is 21.4. The van der Waals surface area contributed by atoms with E-state index in [4.69, 9.17) is 17.0 Å². The maximum Gasteiger partial charge on any atom is 0.417 e. The van der Waals surface area contributed by atoms with Crippen LogP contribution in [0.3, 0.4) is 0 Å². The van der Waals surface area contributed by atoms with E-state index < -0.39 is 17.8 Å². The van der Waals surface area contributed by atoms with E-state index in [9.17, 15) is 18.0 Å². The summed E-state index contributed by atoms with van der Waals surface area (Å²) in [5.74, 6) is 0.256. The van der Waals surface area contributed by atoms with Crippen molar-refractivity contribution in [2.75, 3.05) is 6.54 Å². The average Bonchev–Trinajstić information content (AvgIpc) is 3.14. The lowest BCUT2D eigenvalue weighted by atomic mass is 9.96. The minimum Gasteiger partial charge on any atom is -0.487 e. The largest absolute Gasteiger partial charge is 0.487 e. The van der Waals surface area contributed by atoms with E-state index in [0.29, 0.717) is 29.3 Å². The van der Waals surface area contributed by atoms with Crippen molar-refractivity contribution in [1.29, 1.82) is 0 Å². The summed E-state index contributed by atoms with van der Waals surface area (Å²) in [4.78, 5) is 12.5. The van der Waals surface area contributed by atoms with E-state index in [1.54, 1.807) is 18.2 Å². The van der Waals surface area contributed by atoms with Gasteiger partial charge >= 0.3 is 6.18 Å². The number of nitrogens with one attached hydrogen (secondary N) is 3. The van der Waals surface area contributed by atoms with E-state index in [1.165, 1.54) is 12.1 Å². The van der Waals surface area contributed by atoms with Crippen molar-refractivity contribution in [2.24, 2.45) is 0 Å². The van der Waals surface area contributed by atoms with E-state index in [0.717, 1.165) is 11.6 Å². The fourth-order valence-electron chi connectivity index (χ4n) is 4.03. The van der Waals surface area contributed by atoms with Crippen LogP contribution < -0.4 is 20.7 Å². The van der Waals surface area contributed by atoms with Crippen LogP contribution in [-0.4, -0.2) is 35.8 Å². The van der Waals surface area contributed by atoms with Crippen molar-refractivity contribution in [2.45, 2.75) is 44.1 Å². The van der Waals surface area contributed by atoms with Crippen LogP contribution in [0.1, 0.15) is 24.5 Å². The number of hydrogen-bond donors (Lipinski definition) is 3. The van der Waals surface area contributed by atoms with Gasteiger partial charge in [0, 0.05) is 18.0 Å². The number of carbonyl (C=O) groups is 1.